The Morgan fingerprint density at radius 1 is 1.36 bits per heavy atom. The van der Waals surface area contributed by atoms with Crippen LogP contribution in [0.4, 0.5) is 0 Å². The van der Waals surface area contributed by atoms with Crippen LogP contribution >= 0.6 is 0 Å². The van der Waals surface area contributed by atoms with Crippen LogP contribution in [0.2, 0.25) is 0 Å². The van der Waals surface area contributed by atoms with E-state index in [0.29, 0.717) is 6.04 Å². The minimum Gasteiger partial charge on any atom is -0.382 e. The van der Waals surface area contributed by atoms with Gasteiger partial charge in [0.05, 0.1) is 0 Å². The maximum Gasteiger partial charge on any atom is 0.0470 e. The number of hydrogen-bond donors (Lipinski definition) is 1. The first-order valence-electron chi connectivity index (χ1n) is 5.87. The SMILES string of the molecule is C=C(CC)NC(CC)C1=C(CC)CC1. The predicted octanol–water partition coefficient (Wildman–Crippen LogP) is 3.78. The normalized spacial score (nSPS) is 17.6. The van der Waals surface area contributed by atoms with Crippen LogP contribution in [0, 0.1) is 0 Å². The second-order valence-electron chi connectivity index (χ2n) is 4.04. The lowest BCUT2D eigenvalue weighted by atomic mass is 9.81. The van der Waals surface area contributed by atoms with Gasteiger partial charge < -0.3 is 5.32 Å². The van der Waals surface area contributed by atoms with Crippen LogP contribution in [0.25, 0.3) is 0 Å². The molecule has 1 unspecified atom stereocenters. The molecule has 0 spiro atoms. The van der Waals surface area contributed by atoms with E-state index < -0.39 is 0 Å². The highest BCUT2D eigenvalue weighted by Gasteiger charge is 2.22. The van der Waals surface area contributed by atoms with Crippen molar-refractivity contribution in [2.75, 3.05) is 0 Å². The summed E-state index contributed by atoms with van der Waals surface area (Å²) in [5.74, 6) is 0. The van der Waals surface area contributed by atoms with E-state index in [2.05, 4.69) is 32.7 Å². The van der Waals surface area contributed by atoms with Crippen molar-refractivity contribution in [3.05, 3.63) is 23.4 Å². The summed E-state index contributed by atoms with van der Waals surface area (Å²) in [7, 11) is 0. The molecule has 0 fully saturated rings. The summed E-state index contributed by atoms with van der Waals surface area (Å²) in [4.78, 5) is 0. The number of rotatable bonds is 6. The minimum atomic E-state index is 0.561. The third kappa shape index (κ3) is 2.40. The van der Waals surface area contributed by atoms with E-state index >= 15 is 0 Å². The minimum absolute atomic E-state index is 0.561. The Kier molecular flexibility index (Phi) is 4.24. The molecule has 1 aliphatic rings. The van der Waals surface area contributed by atoms with Crippen molar-refractivity contribution in [2.24, 2.45) is 0 Å². The lowest BCUT2D eigenvalue weighted by Gasteiger charge is -2.31. The lowest BCUT2D eigenvalue weighted by molar-refractivity contribution is 0.544. The quantitative estimate of drug-likeness (QED) is 0.633. The molecule has 1 atom stereocenters. The van der Waals surface area contributed by atoms with Gasteiger partial charge in [0, 0.05) is 11.7 Å². The van der Waals surface area contributed by atoms with E-state index in [4.69, 9.17) is 0 Å². The van der Waals surface area contributed by atoms with Gasteiger partial charge in [0.25, 0.3) is 0 Å². The Labute approximate surface area is 88.3 Å². The topological polar surface area (TPSA) is 12.0 Å². The zero-order chi connectivity index (χ0) is 10.6. The molecular formula is C13H23N. The third-order valence-corrected chi connectivity index (χ3v) is 3.21. The second kappa shape index (κ2) is 5.23. The van der Waals surface area contributed by atoms with Gasteiger partial charge >= 0.3 is 0 Å². The molecule has 1 N–H and O–H groups in total. The molecule has 0 amide bonds. The molecule has 0 aliphatic heterocycles. The van der Waals surface area contributed by atoms with Crippen molar-refractivity contribution < 1.29 is 0 Å². The highest BCUT2D eigenvalue weighted by atomic mass is 14.9. The van der Waals surface area contributed by atoms with E-state index in [1.165, 1.54) is 31.4 Å². The van der Waals surface area contributed by atoms with Crippen molar-refractivity contribution >= 4 is 0 Å². The first-order chi connectivity index (χ1) is 6.72. The van der Waals surface area contributed by atoms with E-state index in [1.54, 1.807) is 11.1 Å². The smallest absolute Gasteiger partial charge is 0.0470 e. The van der Waals surface area contributed by atoms with Gasteiger partial charge in [-0.15, -0.1) is 0 Å². The molecule has 1 nitrogen and oxygen atoms in total. The molecule has 1 aliphatic carbocycles. The van der Waals surface area contributed by atoms with Gasteiger partial charge in [0.15, 0.2) is 0 Å². The second-order valence-corrected chi connectivity index (χ2v) is 4.04. The van der Waals surface area contributed by atoms with Crippen molar-refractivity contribution in [2.45, 2.75) is 58.9 Å². The molecule has 0 aromatic rings. The van der Waals surface area contributed by atoms with Crippen LogP contribution in [-0.2, 0) is 0 Å². The largest absolute Gasteiger partial charge is 0.382 e. The molecule has 1 rings (SSSR count). The standard InChI is InChI=1S/C13H23N/c1-5-10(4)14-13(7-3)12-9-8-11(12)6-2/h13-14H,4-9H2,1-3H3. The van der Waals surface area contributed by atoms with Gasteiger partial charge in [-0.2, -0.15) is 0 Å². The Bertz CT molecular complexity index is 238. The fraction of sp³-hybridized carbons (Fsp3) is 0.692. The Balaban J connectivity index is 2.59. The van der Waals surface area contributed by atoms with Crippen LogP contribution in [0.3, 0.4) is 0 Å². The molecule has 0 saturated heterocycles. The van der Waals surface area contributed by atoms with Crippen LogP contribution in [0.5, 0.6) is 0 Å². The third-order valence-electron chi connectivity index (χ3n) is 3.21. The summed E-state index contributed by atoms with van der Waals surface area (Å²) in [5, 5.41) is 3.53. The molecule has 0 radical (unpaired) electrons. The molecule has 14 heavy (non-hydrogen) atoms. The van der Waals surface area contributed by atoms with E-state index in [1.807, 2.05) is 0 Å². The van der Waals surface area contributed by atoms with Crippen molar-refractivity contribution in [3.8, 4) is 0 Å². The first-order valence-corrected chi connectivity index (χ1v) is 5.87. The van der Waals surface area contributed by atoms with Gasteiger partial charge in [0.1, 0.15) is 0 Å². The number of allylic oxidation sites excluding steroid dienone is 2. The number of nitrogens with one attached hydrogen (secondary N) is 1. The Hall–Kier alpha value is -0.720. The molecule has 1 heteroatoms. The highest BCUT2D eigenvalue weighted by molar-refractivity contribution is 5.29. The molecule has 0 bridgehead atoms. The predicted molar refractivity (Wildman–Crippen MR) is 63.2 cm³/mol. The lowest BCUT2D eigenvalue weighted by Crippen LogP contribution is -2.32. The average molecular weight is 193 g/mol. The molecule has 0 aromatic heterocycles. The summed E-state index contributed by atoms with van der Waals surface area (Å²) in [6.45, 7) is 10.7. The van der Waals surface area contributed by atoms with Crippen molar-refractivity contribution in [3.63, 3.8) is 0 Å². The molecule has 0 saturated carbocycles. The Morgan fingerprint density at radius 2 is 2.07 bits per heavy atom. The maximum absolute atomic E-state index is 4.02. The van der Waals surface area contributed by atoms with E-state index in [0.717, 1.165) is 6.42 Å². The van der Waals surface area contributed by atoms with Crippen LogP contribution in [0.15, 0.2) is 23.4 Å². The van der Waals surface area contributed by atoms with E-state index in [-0.39, 0.29) is 0 Å². The molecule has 80 valence electrons. The molecular weight excluding hydrogens is 170 g/mol. The zero-order valence-corrected chi connectivity index (χ0v) is 9.82. The summed E-state index contributed by atoms with van der Waals surface area (Å²) >= 11 is 0. The maximum atomic E-state index is 4.02. The van der Waals surface area contributed by atoms with Crippen LogP contribution in [-0.4, -0.2) is 6.04 Å². The van der Waals surface area contributed by atoms with Gasteiger partial charge in [-0.1, -0.05) is 32.9 Å². The van der Waals surface area contributed by atoms with Crippen LogP contribution in [0.1, 0.15) is 52.9 Å². The molecule has 0 heterocycles. The summed E-state index contributed by atoms with van der Waals surface area (Å²) in [5.41, 5.74) is 4.50. The van der Waals surface area contributed by atoms with Gasteiger partial charge in [-0.05, 0) is 37.7 Å². The van der Waals surface area contributed by atoms with Crippen LogP contribution < -0.4 is 5.32 Å². The van der Waals surface area contributed by atoms with Crippen molar-refractivity contribution in [1.29, 1.82) is 0 Å². The fourth-order valence-corrected chi connectivity index (χ4v) is 2.05. The number of hydrogen-bond acceptors (Lipinski definition) is 1. The first kappa shape index (κ1) is 11.4. The Morgan fingerprint density at radius 3 is 2.43 bits per heavy atom. The molecule has 0 aromatic carbocycles. The van der Waals surface area contributed by atoms with E-state index in [9.17, 15) is 0 Å². The van der Waals surface area contributed by atoms with Crippen molar-refractivity contribution in [1.82, 2.24) is 5.32 Å². The summed E-state index contributed by atoms with van der Waals surface area (Å²) in [6.07, 6.45) is 6.06. The summed E-state index contributed by atoms with van der Waals surface area (Å²) in [6, 6.07) is 0.561. The summed E-state index contributed by atoms with van der Waals surface area (Å²) < 4.78 is 0. The zero-order valence-electron chi connectivity index (χ0n) is 9.82. The average Bonchev–Trinajstić information content (AvgIpc) is 2.15. The monoisotopic (exact) mass is 193 g/mol. The highest BCUT2D eigenvalue weighted by Crippen LogP contribution is 2.33. The fourth-order valence-electron chi connectivity index (χ4n) is 2.05. The van der Waals surface area contributed by atoms with Gasteiger partial charge in [-0.3, -0.25) is 0 Å². The van der Waals surface area contributed by atoms with Gasteiger partial charge in [-0.25, -0.2) is 0 Å². The van der Waals surface area contributed by atoms with Gasteiger partial charge in [0.2, 0.25) is 0 Å².